The average Bonchev–Trinajstić information content (AvgIpc) is 3.62. The van der Waals surface area contributed by atoms with Crippen LogP contribution in [0.5, 0.6) is 0 Å². The highest BCUT2D eigenvalue weighted by atomic mass is 16.5. The summed E-state index contributed by atoms with van der Waals surface area (Å²) in [7, 11) is 0. The van der Waals surface area contributed by atoms with E-state index in [2.05, 4.69) is 0 Å². The fourth-order valence-electron chi connectivity index (χ4n) is 4.69. The second-order valence-electron chi connectivity index (χ2n) is 11.2. The highest BCUT2D eigenvalue weighted by Gasteiger charge is 2.32. The normalized spacial score (nSPS) is 19.9. The molecule has 248 valence electrons. The van der Waals surface area contributed by atoms with Gasteiger partial charge in [0.1, 0.15) is 0 Å². The zero-order valence-corrected chi connectivity index (χ0v) is 25.2. The Morgan fingerprint density at radius 1 is 0.533 bits per heavy atom. The first-order chi connectivity index (χ1) is 21.4. The second kappa shape index (κ2) is 17.2. The zero-order chi connectivity index (χ0) is 33.0. The van der Waals surface area contributed by atoms with E-state index in [0.717, 1.165) is 51.2 Å². The number of amides is 6. The van der Waals surface area contributed by atoms with Crippen LogP contribution in [-0.2, 0) is 43.0 Å². The Morgan fingerprint density at radius 3 is 1.00 bits per heavy atom. The van der Waals surface area contributed by atoms with Gasteiger partial charge >= 0.3 is 0 Å². The minimum Gasteiger partial charge on any atom is -0.391 e. The predicted molar refractivity (Wildman–Crippen MR) is 155 cm³/mol. The van der Waals surface area contributed by atoms with Crippen LogP contribution in [0.2, 0.25) is 0 Å². The summed E-state index contributed by atoms with van der Waals surface area (Å²) in [6.45, 7) is 2.23. The number of carbonyl (C=O) groups excluding carboxylic acids is 6. The summed E-state index contributed by atoms with van der Waals surface area (Å²) in [5.41, 5.74) is -0.679. The van der Waals surface area contributed by atoms with Crippen LogP contribution in [0.15, 0.2) is 36.5 Å². The van der Waals surface area contributed by atoms with Gasteiger partial charge in [-0.05, 0) is 25.7 Å². The molecular weight excluding hydrogens is 594 g/mol. The predicted octanol–water partition coefficient (Wildman–Crippen LogP) is -1.54. The monoisotopic (exact) mass is 635 g/mol. The van der Waals surface area contributed by atoms with Crippen molar-refractivity contribution in [3.05, 3.63) is 36.5 Å². The van der Waals surface area contributed by atoms with Crippen LogP contribution in [0.4, 0.5) is 0 Å². The quantitative estimate of drug-likeness (QED) is 0.0916. The molecule has 0 radical (unpaired) electrons. The number of imide groups is 3. The van der Waals surface area contributed by atoms with Gasteiger partial charge in [0.15, 0.2) is 0 Å². The Morgan fingerprint density at radius 2 is 0.778 bits per heavy atom. The minimum absolute atomic E-state index is 0.113. The number of aliphatic hydroxyl groups excluding tert-OH is 3. The summed E-state index contributed by atoms with van der Waals surface area (Å²) >= 11 is 0. The number of nitrogens with zero attached hydrogens (tertiary/aromatic N) is 3. The highest BCUT2D eigenvalue weighted by Crippen LogP contribution is 2.25. The topological polar surface area (TPSA) is 201 Å². The van der Waals surface area contributed by atoms with Crippen molar-refractivity contribution in [3.63, 3.8) is 0 Å². The number of β-amino-alcohol motifs (C(OH)–C–C–N with tert-alkyl or cyclic N) is 3. The van der Waals surface area contributed by atoms with Crippen LogP contribution in [0.3, 0.4) is 0 Å². The smallest absolute Gasteiger partial charge is 0.253 e. The van der Waals surface area contributed by atoms with Gasteiger partial charge in [-0.3, -0.25) is 43.5 Å². The molecule has 3 atom stereocenters. The maximum absolute atomic E-state index is 11.7. The molecule has 0 saturated heterocycles. The molecule has 6 amide bonds. The Bertz CT molecular complexity index is 1000. The second-order valence-corrected chi connectivity index (χ2v) is 11.2. The zero-order valence-electron chi connectivity index (χ0n) is 25.2. The van der Waals surface area contributed by atoms with Gasteiger partial charge in [0, 0.05) is 61.7 Å². The Kier molecular flexibility index (Phi) is 13.7. The molecule has 0 fully saturated rings. The van der Waals surface area contributed by atoms with Crippen molar-refractivity contribution < 1.29 is 58.3 Å². The van der Waals surface area contributed by atoms with Crippen LogP contribution in [0.1, 0.15) is 32.6 Å². The summed E-state index contributed by atoms with van der Waals surface area (Å²) in [5.74, 6) is -2.92. The third-order valence-electron chi connectivity index (χ3n) is 7.64. The maximum Gasteiger partial charge on any atom is 0.253 e. The van der Waals surface area contributed by atoms with Gasteiger partial charge in [-0.25, -0.2) is 0 Å². The van der Waals surface area contributed by atoms with Crippen molar-refractivity contribution in [1.29, 1.82) is 0 Å². The first kappa shape index (κ1) is 35.9. The van der Waals surface area contributed by atoms with E-state index in [0.29, 0.717) is 6.42 Å². The molecule has 0 spiro atoms. The first-order valence-electron chi connectivity index (χ1n) is 14.8. The third kappa shape index (κ3) is 10.8. The van der Waals surface area contributed by atoms with Crippen molar-refractivity contribution in [2.75, 3.05) is 59.3 Å². The first-order valence-corrected chi connectivity index (χ1v) is 14.8. The van der Waals surface area contributed by atoms with Gasteiger partial charge in [0.2, 0.25) is 0 Å². The Labute approximate surface area is 260 Å². The fourth-order valence-corrected chi connectivity index (χ4v) is 4.69. The van der Waals surface area contributed by atoms with E-state index in [1.807, 2.05) is 6.92 Å². The lowest BCUT2D eigenvalue weighted by Gasteiger charge is -2.32. The number of aliphatic hydroxyl groups is 3. The largest absolute Gasteiger partial charge is 0.391 e. The molecule has 3 aliphatic heterocycles. The number of ether oxygens (including phenoxy) is 3. The molecular formula is C30H41N3O12. The van der Waals surface area contributed by atoms with E-state index in [-0.39, 0.29) is 78.5 Å². The lowest BCUT2D eigenvalue weighted by atomic mass is 9.88. The molecule has 45 heavy (non-hydrogen) atoms. The van der Waals surface area contributed by atoms with Gasteiger partial charge in [0.05, 0.1) is 57.8 Å². The summed E-state index contributed by atoms with van der Waals surface area (Å²) in [4.78, 5) is 73.2. The fraction of sp³-hybridized carbons (Fsp3) is 0.600. The number of carbonyl (C=O) groups is 6. The third-order valence-corrected chi connectivity index (χ3v) is 7.64. The Hall–Kier alpha value is -3.60. The number of hydrogen-bond donors (Lipinski definition) is 3. The van der Waals surface area contributed by atoms with Crippen LogP contribution < -0.4 is 0 Å². The van der Waals surface area contributed by atoms with Crippen LogP contribution in [0, 0.1) is 5.41 Å². The summed E-state index contributed by atoms with van der Waals surface area (Å²) in [6, 6.07) is 0. The SMILES string of the molecule is CCC(COCCC(O)CN1C(=O)C=CC1=O)(COCCC(O)CN1C(=O)C=CC1=O)COCCC(O)CN1C(=O)C=CC1=O. The van der Waals surface area contributed by atoms with Crippen molar-refractivity contribution >= 4 is 35.4 Å². The molecule has 3 unspecified atom stereocenters. The van der Waals surface area contributed by atoms with E-state index >= 15 is 0 Å². The maximum atomic E-state index is 11.7. The summed E-state index contributed by atoms with van der Waals surface area (Å²) in [6.07, 6.45) is 4.90. The van der Waals surface area contributed by atoms with Crippen molar-refractivity contribution in [2.24, 2.45) is 5.41 Å². The molecule has 0 bridgehead atoms. The van der Waals surface area contributed by atoms with Crippen molar-refractivity contribution in [3.8, 4) is 0 Å². The molecule has 15 nitrogen and oxygen atoms in total. The molecule has 0 aliphatic carbocycles. The molecule has 3 heterocycles. The summed E-state index contributed by atoms with van der Waals surface area (Å²) in [5, 5.41) is 30.9. The average molecular weight is 636 g/mol. The molecule has 3 N–H and O–H groups in total. The van der Waals surface area contributed by atoms with Gasteiger partial charge < -0.3 is 29.5 Å². The molecule has 0 aromatic rings. The van der Waals surface area contributed by atoms with Gasteiger partial charge in [-0.1, -0.05) is 6.92 Å². The number of rotatable bonds is 22. The molecule has 15 heteroatoms. The van der Waals surface area contributed by atoms with E-state index in [4.69, 9.17) is 14.2 Å². The van der Waals surface area contributed by atoms with Crippen LogP contribution in [0.25, 0.3) is 0 Å². The van der Waals surface area contributed by atoms with E-state index in [1.54, 1.807) is 0 Å². The lowest BCUT2D eigenvalue weighted by Crippen LogP contribution is -2.40. The van der Waals surface area contributed by atoms with E-state index in [1.165, 1.54) is 0 Å². The number of hydrogen-bond acceptors (Lipinski definition) is 12. The van der Waals surface area contributed by atoms with Crippen LogP contribution >= 0.6 is 0 Å². The minimum atomic E-state index is -0.988. The molecule has 0 saturated carbocycles. The molecule has 3 aliphatic rings. The van der Waals surface area contributed by atoms with Gasteiger partial charge in [-0.2, -0.15) is 0 Å². The Balaban J connectivity index is 1.46. The lowest BCUT2D eigenvalue weighted by molar-refractivity contribution is -0.140. The molecule has 0 aromatic heterocycles. The van der Waals surface area contributed by atoms with E-state index < -0.39 is 59.2 Å². The van der Waals surface area contributed by atoms with E-state index in [9.17, 15) is 44.1 Å². The summed E-state index contributed by atoms with van der Waals surface area (Å²) < 4.78 is 17.6. The standard InChI is InChI=1S/C30H41N3O12/c1-2-30(18-43-12-9-21(34)15-31-24(37)3-4-25(31)38,19-44-13-10-22(35)16-32-26(39)5-6-27(32)40)20-45-14-11-23(36)17-33-28(41)7-8-29(33)42/h3-8,21-23,34-36H,2,9-20H2,1H3. The highest BCUT2D eigenvalue weighted by molar-refractivity contribution is 6.14. The van der Waals surface area contributed by atoms with Crippen LogP contribution in [-0.4, -0.2) is 143 Å². The molecule has 0 aromatic carbocycles. The van der Waals surface area contributed by atoms with Crippen molar-refractivity contribution in [1.82, 2.24) is 14.7 Å². The molecule has 3 rings (SSSR count). The van der Waals surface area contributed by atoms with Gasteiger partial charge in [0.25, 0.3) is 35.4 Å². The van der Waals surface area contributed by atoms with Crippen molar-refractivity contribution in [2.45, 2.75) is 50.9 Å². The van der Waals surface area contributed by atoms with Gasteiger partial charge in [-0.15, -0.1) is 0 Å².